The monoisotopic (exact) mass is 194 g/mol. The van der Waals surface area contributed by atoms with Crippen molar-refractivity contribution in [2.45, 2.75) is 39.5 Å². The van der Waals surface area contributed by atoms with E-state index in [9.17, 15) is 13.2 Å². The van der Waals surface area contributed by atoms with Crippen molar-refractivity contribution < 1.29 is 18.3 Å². The van der Waals surface area contributed by atoms with E-state index < -0.39 is 17.2 Å². The highest BCUT2D eigenvalue weighted by Gasteiger charge is 2.49. The molecule has 0 aliphatic carbocycles. The molecule has 0 aromatic heterocycles. The molecule has 0 saturated carbocycles. The quantitative estimate of drug-likeness (QED) is 0.587. The highest BCUT2D eigenvalue weighted by atomic mass is 19.4. The molecule has 76 valence electrons. The average molecular weight is 194 g/mol. The highest BCUT2D eigenvalue weighted by Crippen LogP contribution is 2.29. The molecule has 0 spiro atoms. The molecule has 1 nitrogen and oxygen atoms in total. The number of rotatable bonds is 0. The lowest BCUT2D eigenvalue weighted by Gasteiger charge is -2.20. The van der Waals surface area contributed by atoms with Crippen molar-refractivity contribution in [3.05, 3.63) is 0 Å². The lowest BCUT2D eigenvalue weighted by Crippen LogP contribution is -2.40. The van der Waals surface area contributed by atoms with E-state index in [2.05, 4.69) is 5.92 Å². The Morgan fingerprint density at radius 3 is 1.54 bits per heavy atom. The third-order valence-electron chi connectivity index (χ3n) is 1.23. The van der Waals surface area contributed by atoms with Crippen molar-refractivity contribution in [1.29, 1.82) is 0 Å². The fourth-order valence-electron chi connectivity index (χ4n) is 0.380. The van der Waals surface area contributed by atoms with Crippen LogP contribution in [-0.4, -0.2) is 16.9 Å². The van der Waals surface area contributed by atoms with Crippen molar-refractivity contribution in [2.24, 2.45) is 5.41 Å². The number of hydrogen-bond acceptors (Lipinski definition) is 1. The Morgan fingerprint density at radius 1 is 0.923 bits per heavy atom. The minimum Gasteiger partial charge on any atom is -0.370 e. The molecule has 1 unspecified atom stereocenters. The zero-order valence-corrected chi connectivity index (χ0v) is 8.08. The second kappa shape index (κ2) is 3.22. The second-order valence-electron chi connectivity index (χ2n) is 4.07. The molecule has 0 bridgehead atoms. The van der Waals surface area contributed by atoms with Gasteiger partial charge in [-0.05, 0) is 27.7 Å². The molecule has 0 aromatic carbocycles. The van der Waals surface area contributed by atoms with Gasteiger partial charge in [-0.25, -0.2) is 0 Å². The third kappa shape index (κ3) is 4.18. The maximum atomic E-state index is 12.1. The predicted octanol–water partition coefficient (Wildman–Crippen LogP) is 2.35. The number of alkyl halides is 3. The van der Waals surface area contributed by atoms with Crippen LogP contribution in [0.25, 0.3) is 0 Å². The number of hydrogen-bond donors (Lipinski definition) is 1. The maximum Gasteiger partial charge on any atom is 0.428 e. The largest absolute Gasteiger partial charge is 0.428 e. The Labute approximate surface area is 75.9 Å². The van der Waals surface area contributed by atoms with Crippen LogP contribution in [0.5, 0.6) is 0 Å². The van der Waals surface area contributed by atoms with Crippen LogP contribution in [-0.2, 0) is 0 Å². The van der Waals surface area contributed by atoms with Crippen LogP contribution in [0, 0.1) is 17.3 Å². The first-order valence-corrected chi connectivity index (χ1v) is 3.79. The summed E-state index contributed by atoms with van der Waals surface area (Å²) in [5.41, 5.74) is -3.46. The predicted molar refractivity (Wildman–Crippen MR) is 43.9 cm³/mol. The van der Waals surface area contributed by atoms with Crippen molar-refractivity contribution in [3.8, 4) is 11.8 Å². The van der Waals surface area contributed by atoms with E-state index in [-0.39, 0.29) is 0 Å². The van der Waals surface area contributed by atoms with E-state index >= 15 is 0 Å². The van der Waals surface area contributed by atoms with Gasteiger partial charge in [-0.2, -0.15) is 13.2 Å². The Morgan fingerprint density at radius 2 is 1.31 bits per heavy atom. The lowest BCUT2D eigenvalue weighted by atomic mass is 9.95. The van der Waals surface area contributed by atoms with Gasteiger partial charge in [-0.1, -0.05) is 11.8 Å². The van der Waals surface area contributed by atoms with Gasteiger partial charge in [0.25, 0.3) is 0 Å². The van der Waals surface area contributed by atoms with E-state index in [1.165, 1.54) is 0 Å². The normalized spacial score (nSPS) is 17.2. The summed E-state index contributed by atoms with van der Waals surface area (Å²) >= 11 is 0. The van der Waals surface area contributed by atoms with Gasteiger partial charge >= 0.3 is 6.18 Å². The summed E-state index contributed by atoms with van der Waals surface area (Å²) in [5, 5.41) is 8.92. The molecule has 0 aliphatic rings. The average Bonchev–Trinajstić information content (AvgIpc) is 1.79. The van der Waals surface area contributed by atoms with E-state index in [0.717, 1.165) is 0 Å². The van der Waals surface area contributed by atoms with Crippen LogP contribution in [0.15, 0.2) is 0 Å². The van der Waals surface area contributed by atoms with E-state index in [1.54, 1.807) is 20.8 Å². The minimum absolute atomic E-state index is 0.546. The standard InChI is InChI=1S/C9H13F3O/c1-7(2,3)5-6-8(4,13)9(10,11)12/h13H,1-4H3. The second-order valence-corrected chi connectivity index (χ2v) is 4.07. The summed E-state index contributed by atoms with van der Waals surface area (Å²) in [5.74, 6) is 4.17. The van der Waals surface area contributed by atoms with Gasteiger partial charge in [0, 0.05) is 5.41 Å². The molecule has 0 heterocycles. The summed E-state index contributed by atoms with van der Waals surface area (Å²) < 4.78 is 36.2. The lowest BCUT2D eigenvalue weighted by molar-refractivity contribution is -0.228. The summed E-state index contributed by atoms with van der Waals surface area (Å²) in [6, 6.07) is 0. The van der Waals surface area contributed by atoms with Crippen LogP contribution in [0.4, 0.5) is 13.2 Å². The molecule has 1 N–H and O–H groups in total. The first-order valence-electron chi connectivity index (χ1n) is 3.79. The summed E-state index contributed by atoms with van der Waals surface area (Å²) in [6.07, 6.45) is -4.70. The number of halogens is 3. The Hall–Kier alpha value is -0.690. The van der Waals surface area contributed by atoms with Crippen LogP contribution in [0.3, 0.4) is 0 Å². The molecule has 0 rings (SSSR count). The van der Waals surface area contributed by atoms with Crippen molar-refractivity contribution in [2.75, 3.05) is 0 Å². The zero-order valence-electron chi connectivity index (χ0n) is 8.08. The van der Waals surface area contributed by atoms with Gasteiger partial charge in [0.05, 0.1) is 0 Å². The Bertz CT molecular complexity index is 234. The van der Waals surface area contributed by atoms with Gasteiger partial charge in [0.1, 0.15) is 0 Å². The molecular weight excluding hydrogens is 181 g/mol. The Kier molecular flexibility index (Phi) is 3.05. The van der Waals surface area contributed by atoms with Gasteiger partial charge in [0.2, 0.25) is 5.60 Å². The summed E-state index contributed by atoms with van der Waals surface area (Å²) in [6.45, 7) is 5.66. The van der Waals surface area contributed by atoms with Crippen LogP contribution >= 0.6 is 0 Å². The highest BCUT2D eigenvalue weighted by molar-refractivity contribution is 5.18. The van der Waals surface area contributed by atoms with Crippen LogP contribution in [0.2, 0.25) is 0 Å². The molecule has 1 atom stereocenters. The first-order chi connectivity index (χ1) is 5.46. The fourth-order valence-corrected chi connectivity index (χ4v) is 0.380. The van der Waals surface area contributed by atoms with E-state index in [4.69, 9.17) is 5.11 Å². The van der Waals surface area contributed by atoms with Crippen molar-refractivity contribution in [1.82, 2.24) is 0 Å². The molecule has 0 saturated heterocycles. The molecule has 0 amide bonds. The number of aliphatic hydroxyl groups is 1. The molecular formula is C9H13F3O. The van der Waals surface area contributed by atoms with Gasteiger partial charge in [-0.3, -0.25) is 0 Å². The van der Waals surface area contributed by atoms with Crippen LogP contribution in [0.1, 0.15) is 27.7 Å². The summed E-state index contributed by atoms with van der Waals surface area (Å²) in [4.78, 5) is 0. The molecule has 0 radical (unpaired) electrons. The minimum atomic E-state index is -4.70. The van der Waals surface area contributed by atoms with Gasteiger partial charge < -0.3 is 5.11 Å². The molecule has 0 aliphatic heterocycles. The van der Waals surface area contributed by atoms with Gasteiger partial charge in [-0.15, -0.1) is 0 Å². The first kappa shape index (κ1) is 12.3. The zero-order chi connectivity index (χ0) is 10.9. The maximum absolute atomic E-state index is 12.1. The molecule has 13 heavy (non-hydrogen) atoms. The van der Waals surface area contributed by atoms with E-state index in [0.29, 0.717) is 6.92 Å². The van der Waals surface area contributed by atoms with Crippen molar-refractivity contribution >= 4 is 0 Å². The van der Waals surface area contributed by atoms with E-state index in [1.807, 2.05) is 5.92 Å². The molecule has 0 aromatic rings. The third-order valence-corrected chi connectivity index (χ3v) is 1.23. The SMILES string of the molecule is CC(C)(C)C#CC(C)(O)C(F)(F)F. The Balaban J connectivity index is 4.77. The summed E-state index contributed by atoms with van der Waals surface area (Å²) in [7, 11) is 0. The molecule has 4 heteroatoms. The topological polar surface area (TPSA) is 20.2 Å². The molecule has 0 fully saturated rings. The van der Waals surface area contributed by atoms with Crippen molar-refractivity contribution in [3.63, 3.8) is 0 Å². The smallest absolute Gasteiger partial charge is 0.370 e. The fraction of sp³-hybridized carbons (Fsp3) is 0.778. The van der Waals surface area contributed by atoms with Gasteiger partial charge in [0.15, 0.2) is 0 Å². The van der Waals surface area contributed by atoms with Crippen LogP contribution < -0.4 is 0 Å².